The number of hydrogen-bond acceptors (Lipinski definition) is 3. The van der Waals surface area contributed by atoms with Gasteiger partial charge in [-0.2, -0.15) is 0 Å². The van der Waals surface area contributed by atoms with Crippen molar-refractivity contribution in [3.8, 4) is 0 Å². The predicted octanol–water partition coefficient (Wildman–Crippen LogP) is 0.409. The Morgan fingerprint density at radius 3 is 3.13 bits per heavy atom. The third kappa shape index (κ3) is 4.75. The van der Waals surface area contributed by atoms with E-state index >= 15 is 0 Å². The highest BCUT2D eigenvalue weighted by Crippen LogP contribution is 1.89. The lowest BCUT2D eigenvalue weighted by atomic mass is 10.4. The molecule has 3 N–H and O–H groups in total. The van der Waals surface area contributed by atoms with Gasteiger partial charge in [0.1, 0.15) is 0 Å². The summed E-state index contributed by atoms with van der Waals surface area (Å²) < 4.78 is 4.99. The molecule has 1 aromatic rings. The largest absolute Gasteiger partial charge is 0.383 e. The van der Waals surface area contributed by atoms with Crippen LogP contribution in [0.25, 0.3) is 0 Å². The number of nitrogens with one attached hydrogen (secondary N) is 3. The fraction of sp³-hybridized carbons (Fsp3) is 0.556. The molecular formula is C9H16N4OS. The number of methoxy groups -OCH3 is 1. The summed E-state index contributed by atoms with van der Waals surface area (Å²) in [5.41, 5.74) is 0.999. The predicted molar refractivity (Wildman–Crippen MR) is 62.5 cm³/mol. The van der Waals surface area contributed by atoms with E-state index in [9.17, 15) is 0 Å². The lowest BCUT2D eigenvalue weighted by molar-refractivity contribution is 0.179. The fourth-order valence-corrected chi connectivity index (χ4v) is 1.40. The smallest absolute Gasteiger partial charge is 0.166 e. The first-order valence-corrected chi connectivity index (χ1v) is 5.13. The van der Waals surface area contributed by atoms with Crippen LogP contribution < -0.4 is 10.6 Å². The van der Waals surface area contributed by atoms with E-state index in [1.807, 2.05) is 6.92 Å². The Balaban J connectivity index is 2.19. The SMILES string of the molecule is COCC(C)NC(=S)NCc1cnc[nH]1. The molecule has 0 amide bonds. The van der Waals surface area contributed by atoms with Crippen LogP contribution in [0.3, 0.4) is 0 Å². The number of aromatic amines is 1. The molecule has 0 aliphatic carbocycles. The topological polar surface area (TPSA) is 62.0 Å². The van der Waals surface area contributed by atoms with Gasteiger partial charge in [-0.3, -0.25) is 0 Å². The molecule has 15 heavy (non-hydrogen) atoms. The molecule has 0 aliphatic rings. The number of ether oxygens (including phenoxy) is 1. The van der Waals surface area contributed by atoms with Gasteiger partial charge in [-0.15, -0.1) is 0 Å². The zero-order chi connectivity index (χ0) is 11.1. The van der Waals surface area contributed by atoms with Crippen LogP contribution >= 0.6 is 12.2 Å². The van der Waals surface area contributed by atoms with E-state index in [1.165, 1.54) is 0 Å². The molecular weight excluding hydrogens is 212 g/mol. The normalized spacial score (nSPS) is 12.1. The van der Waals surface area contributed by atoms with Crippen LogP contribution in [0.5, 0.6) is 0 Å². The Labute approximate surface area is 94.6 Å². The molecule has 1 unspecified atom stereocenters. The van der Waals surface area contributed by atoms with Crippen LogP contribution in [0.1, 0.15) is 12.6 Å². The molecule has 0 saturated carbocycles. The van der Waals surface area contributed by atoms with Crippen molar-refractivity contribution in [3.05, 3.63) is 18.2 Å². The lowest BCUT2D eigenvalue weighted by Crippen LogP contribution is -2.42. The summed E-state index contributed by atoms with van der Waals surface area (Å²) in [7, 11) is 1.67. The molecule has 0 aromatic carbocycles. The first-order valence-electron chi connectivity index (χ1n) is 4.73. The van der Waals surface area contributed by atoms with Gasteiger partial charge in [-0.05, 0) is 19.1 Å². The summed E-state index contributed by atoms with van der Waals surface area (Å²) in [6, 6.07) is 0.205. The van der Waals surface area contributed by atoms with E-state index in [0.717, 1.165) is 5.69 Å². The molecule has 0 fully saturated rings. The first-order chi connectivity index (χ1) is 7.22. The van der Waals surface area contributed by atoms with Gasteiger partial charge in [0.2, 0.25) is 0 Å². The maximum atomic E-state index is 5.11. The van der Waals surface area contributed by atoms with Crippen LogP contribution in [0.2, 0.25) is 0 Å². The van der Waals surface area contributed by atoms with E-state index in [4.69, 9.17) is 17.0 Å². The van der Waals surface area contributed by atoms with Crippen LogP contribution in [0.4, 0.5) is 0 Å². The number of imidazole rings is 1. The van der Waals surface area contributed by atoms with Gasteiger partial charge < -0.3 is 20.4 Å². The molecule has 0 radical (unpaired) electrons. The van der Waals surface area contributed by atoms with Gasteiger partial charge in [-0.25, -0.2) is 4.98 Å². The third-order valence-electron chi connectivity index (χ3n) is 1.79. The number of H-pyrrole nitrogens is 1. The van der Waals surface area contributed by atoms with E-state index in [-0.39, 0.29) is 6.04 Å². The molecule has 0 aliphatic heterocycles. The Hall–Kier alpha value is -1.14. The van der Waals surface area contributed by atoms with Gasteiger partial charge in [0.25, 0.3) is 0 Å². The molecule has 6 heteroatoms. The van der Waals surface area contributed by atoms with Crippen LogP contribution in [-0.2, 0) is 11.3 Å². The third-order valence-corrected chi connectivity index (χ3v) is 2.05. The second-order valence-electron chi connectivity index (χ2n) is 3.26. The quantitative estimate of drug-likeness (QED) is 0.637. The highest BCUT2D eigenvalue weighted by molar-refractivity contribution is 7.80. The Bertz CT molecular complexity index is 288. The van der Waals surface area contributed by atoms with Crippen molar-refractivity contribution in [3.63, 3.8) is 0 Å². The van der Waals surface area contributed by atoms with Crippen molar-refractivity contribution < 1.29 is 4.74 Å². The number of nitrogens with zero attached hydrogens (tertiary/aromatic N) is 1. The monoisotopic (exact) mass is 228 g/mol. The van der Waals surface area contributed by atoms with Gasteiger partial charge in [-0.1, -0.05) is 0 Å². The number of hydrogen-bond donors (Lipinski definition) is 3. The maximum Gasteiger partial charge on any atom is 0.166 e. The molecule has 0 spiro atoms. The number of aromatic nitrogens is 2. The van der Waals surface area contributed by atoms with Crippen molar-refractivity contribution >= 4 is 17.3 Å². The fourth-order valence-electron chi connectivity index (χ4n) is 1.12. The second-order valence-corrected chi connectivity index (χ2v) is 3.67. The summed E-state index contributed by atoms with van der Waals surface area (Å²) in [6.07, 6.45) is 3.40. The molecule has 1 atom stereocenters. The minimum atomic E-state index is 0.205. The minimum absolute atomic E-state index is 0.205. The summed E-state index contributed by atoms with van der Waals surface area (Å²) in [6.45, 7) is 3.28. The maximum absolute atomic E-state index is 5.11. The zero-order valence-corrected chi connectivity index (χ0v) is 9.73. The van der Waals surface area contributed by atoms with Gasteiger partial charge in [0.05, 0.1) is 25.2 Å². The Kier molecular flexibility index (Phi) is 5.06. The number of rotatable bonds is 5. The van der Waals surface area contributed by atoms with Crippen molar-refractivity contribution in [1.29, 1.82) is 0 Å². The standard InChI is InChI=1S/C9H16N4OS/c1-7(5-14-2)13-9(15)11-4-8-3-10-6-12-8/h3,6-7H,4-5H2,1-2H3,(H,10,12)(H2,11,13,15). The molecule has 0 saturated heterocycles. The van der Waals surface area contributed by atoms with Crippen LogP contribution in [0, 0.1) is 0 Å². The lowest BCUT2D eigenvalue weighted by Gasteiger charge is -2.15. The van der Waals surface area contributed by atoms with Crippen molar-refractivity contribution in [2.75, 3.05) is 13.7 Å². The highest BCUT2D eigenvalue weighted by Gasteiger charge is 2.02. The molecule has 1 rings (SSSR count). The minimum Gasteiger partial charge on any atom is -0.383 e. The average Bonchev–Trinajstić information content (AvgIpc) is 2.67. The summed E-state index contributed by atoms with van der Waals surface area (Å²) in [5, 5.41) is 6.79. The van der Waals surface area contributed by atoms with Gasteiger partial charge in [0.15, 0.2) is 5.11 Å². The zero-order valence-electron chi connectivity index (χ0n) is 8.91. The highest BCUT2D eigenvalue weighted by atomic mass is 32.1. The van der Waals surface area contributed by atoms with Crippen LogP contribution in [0.15, 0.2) is 12.5 Å². The molecule has 84 valence electrons. The first kappa shape index (κ1) is 11.9. The average molecular weight is 228 g/mol. The Morgan fingerprint density at radius 2 is 2.53 bits per heavy atom. The Morgan fingerprint density at radius 1 is 1.73 bits per heavy atom. The van der Waals surface area contributed by atoms with E-state index in [2.05, 4.69) is 20.6 Å². The van der Waals surface area contributed by atoms with Crippen molar-refractivity contribution in [1.82, 2.24) is 20.6 Å². The van der Waals surface area contributed by atoms with E-state index in [1.54, 1.807) is 19.6 Å². The van der Waals surface area contributed by atoms with Crippen molar-refractivity contribution in [2.45, 2.75) is 19.5 Å². The second kappa shape index (κ2) is 6.36. The van der Waals surface area contributed by atoms with E-state index < -0.39 is 0 Å². The molecule has 1 heterocycles. The van der Waals surface area contributed by atoms with Gasteiger partial charge >= 0.3 is 0 Å². The summed E-state index contributed by atoms with van der Waals surface area (Å²) in [5.74, 6) is 0. The van der Waals surface area contributed by atoms with Crippen LogP contribution in [-0.4, -0.2) is 34.8 Å². The van der Waals surface area contributed by atoms with Gasteiger partial charge in [0, 0.05) is 19.3 Å². The molecule has 5 nitrogen and oxygen atoms in total. The molecule has 0 bridgehead atoms. The number of thiocarbonyl (C=S) groups is 1. The van der Waals surface area contributed by atoms with Crippen molar-refractivity contribution in [2.24, 2.45) is 0 Å². The summed E-state index contributed by atoms with van der Waals surface area (Å²) >= 11 is 5.11. The molecule has 1 aromatic heterocycles. The van der Waals surface area contributed by atoms with E-state index in [0.29, 0.717) is 18.3 Å². The summed E-state index contributed by atoms with van der Waals surface area (Å²) in [4.78, 5) is 6.90.